The molecule has 0 spiro atoms. The number of unbranched alkanes of at least 4 members (excludes halogenated alkanes) is 9. The molecule has 0 amide bonds. The predicted octanol–water partition coefficient (Wildman–Crippen LogP) is 9.67. The Morgan fingerprint density at radius 2 is 0.800 bits per heavy atom. The summed E-state index contributed by atoms with van der Waals surface area (Å²) in [7, 11) is 0. The fourth-order valence-electron chi connectivity index (χ4n) is 5.91. The van der Waals surface area contributed by atoms with Gasteiger partial charge in [0.2, 0.25) is 0 Å². The molecule has 0 fully saturated rings. The molecule has 0 bridgehead atoms. The van der Waals surface area contributed by atoms with Crippen LogP contribution >= 0.6 is 20.8 Å². The zero-order valence-corrected chi connectivity index (χ0v) is 25.0. The third-order valence-electron chi connectivity index (χ3n) is 7.78. The summed E-state index contributed by atoms with van der Waals surface area (Å²) in [6.45, 7) is 9.19. The maximum absolute atomic E-state index is 4.72. The van der Waals surface area contributed by atoms with Gasteiger partial charge in [-0.25, -0.2) is 0 Å². The van der Waals surface area contributed by atoms with Crippen molar-refractivity contribution in [3.8, 4) is 0 Å². The van der Waals surface area contributed by atoms with Gasteiger partial charge in [-0.3, -0.25) is 0 Å². The molecule has 0 aliphatic carbocycles. The van der Waals surface area contributed by atoms with Crippen LogP contribution in [0, 0.1) is 20.8 Å². The molecule has 2 heteroatoms. The molecular weight excluding hydrogens is 507 g/mol. The van der Waals surface area contributed by atoms with Gasteiger partial charge in [0.05, 0.1) is 0 Å². The van der Waals surface area contributed by atoms with Crippen LogP contribution in [0.15, 0.2) is 72.8 Å². The van der Waals surface area contributed by atoms with Crippen LogP contribution in [-0.2, 0) is 0 Å². The number of hydrogen-bond donors (Lipinski definition) is 0. The molecule has 35 heavy (non-hydrogen) atoms. The second-order valence-electron chi connectivity index (χ2n) is 10.4. The van der Waals surface area contributed by atoms with E-state index in [2.05, 4.69) is 100 Å². The Kier molecular flexibility index (Phi) is 10.6. The quantitative estimate of drug-likeness (QED) is 0.138. The van der Waals surface area contributed by atoms with Crippen LogP contribution in [0.2, 0.25) is 0 Å². The molecule has 0 aromatic heterocycles. The van der Waals surface area contributed by atoms with Gasteiger partial charge in [0.1, 0.15) is 0 Å². The summed E-state index contributed by atoms with van der Waals surface area (Å²) in [6.07, 6.45) is 14.8. The third kappa shape index (κ3) is 6.29. The Hall–Kier alpha value is -1.43. The van der Waals surface area contributed by atoms with Crippen LogP contribution in [-0.4, -0.2) is 6.16 Å². The maximum atomic E-state index is 4.72. The molecule has 3 rings (SSSR count). The monoisotopic (exact) mass is 552 g/mol. The molecule has 0 aliphatic heterocycles. The number of halogens is 1. The van der Waals surface area contributed by atoms with Gasteiger partial charge in [0.25, 0.3) is 0 Å². The summed E-state index contributed by atoms with van der Waals surface area (Å²) in [6, 6.07) is 27.4. The first kappa shape index (κ1) is 28.1. The summed E-state index contributed by atoms with van der Waals surface area (Å²) >= 11 is 4.72. The summed E-state index contributed by atoms with van der Waals surface area (Å²) in [5.74, 6) is 0. The number of benzene rings is 3. The van der Waals surface area contributed by atoms with E-state index in [1.54, 1.807) is 0 Å². The third-order valence-corrected chi connectivity index (χ3v) is 18.0. The Labute approximate surface area is 223 Å². The van der Waals surface area contributed by atoms with Crippen molar-refractivity contribution in [3.05, 3.63) is 89.5 Å². The van der Waals surface area contributed by atoms with Crippen molar-refractivity contribution in [1.82, 2.24) is 0 Å². The van der Waals surface area contributed by atoms with Gasteiger partial charge in [-0.2, -0.15) is 0 Å². The Balaban J connectivity index is 1.94. The van der Waals surface area contributed by atoms with Crippen molar-refractivity contribution < 1.29 is 0 Å². The van der Waals surface area contributed by atoms with Gasteiger partial charge in [-0.05, 0) is 0 Å². The van der Waals surface area contributed by atoms with Crippen molar-refractivity contribution in [3.63, 3.8) is 0 Å². The van der Waals surface area contributed by atoms with E-state index in [-0.39, 0.29) is 0 Å². The first-order valence-corrected chi connectivity index (χ1v) is 18.3. The molecule has 190 valence electrons. The molecule has 0 heterocycles. The standard InChI is InChI=1S/C33H46BrP/c1-5-6-7-8-9-10-11-12-13-20-27-35(34,31-24-17-14-21-28(31)2,32-25-18-15-22-29(32)3)33-26-19-16-23-30(33)4/h14-19,21-26H,5-13,20,27H2,1-4H3. The van der Waals surface area contributed by atoms with Gasteiger partial charge >= 0.3 is 224 Å². The SMILES string of the molecule is CCCCCCCCCCCCP(Br)(c1ccccc1C)(c1ccccc1C)c1ccccc1C. The molecule has 3 aromatic rings. The van der Waals surface area contributed by atoms with E-state index in [0.717, 1.165) is 0 Å². The second kappa shape index (κ2) is 13.2. The average molecular weight is 554 g/mol. The van der Waals surface area contributed by atoms with Gasteiger partial charge in [0.15, 0.2) is 0 Å². The van der Waals surface area contributed by atoms with Crippen molar-refractivity contribution in [2.75, 3.05) is 6.16 Å². The Morgan fingerprint density at radius 1 is 0.486 bits per heavy atom. The second-order valence-corrected chi connectivity index (χ2v) is 19.4. The van der Waals surface area contributed by atoms with E-state index in [0.29, 0.717) is 0 Å². The molecule has 0 nitrogen and oxygen atoms in total. The van der Waals surface area contributed by atoms with Crippen LogP contribution < -0.4 is 15.9 Å². The molecular formula is C33H46BrP. The normalized spacial score (nSPS) is 12.9. The summed E-state index contributed by atoms with van der Waals surface area (Å²) in [4.78, 5) is 0. The van der Waals surface area contributed by atoms with E-state index in [4.69, 9.17) is 15.5 Å². The van der Waals surface area contributed by atoms with E-state index < -0.39 is 5.31 Å². The van der Waals surface area contributed by atoms with Crippen molar-refractivity contribution in [2.45, 2.75) is 91.9 Å². The van der Waals surface area contributed by atoms with Crippen LogP contribution in [0.3, 0.4) is 0 Å². The van der Waals surface area contributed by atoms with E-state index in [1.165, 1.54) is 103 Å². The number of hydrogen-bond acceptors (Lipinski definition) is 0. The molecule has 0 radical (unpaired) electrons. The fourth-order valence-corrected chi connectivity index (χ4v) is 16.2. The van der Waals surface area contributed by atoms with E-state index in [1.807, 2.05) is 0 Å². The zero-order chi connectivity index (χ0) is 25.2. The summed E-state index contributed by atoms with van der Waals surface area (Å²) in [5, 5.41) is 1.64. The van der Waals surface area contributed by atoms with E-state index >= 15 is 0 Å². The van der Waals surface area contributed by atoms with Crippen molar-refractivity contribution in [2.24, 2.45) is 0 Å². The van der Waals surface area contributed by atoms with Crippen LogP contribution in [0.5, 0.6) is 0 Å². The topological polar surface area (TPSA) is 0 Å². The van der Waals surface area contributed by atoms with Crippen molar-refractivity contribution in [1.29, 1.82) is 0 Å². The van der Waals surface area contributed by atoms with E-state index in [9.17, 15) is 0 Å². The first-order chi connectivity index (χ1) is 16.9. The predicted molar refractivity (Wildman–Crippen MR) is 165 cm³/mol. The molecule has 0 atom stereocenters. The minimum absolute atomic E-state index is 1.17. The Bertz CT molecular complexity index is 956. The molecule has 0 N–H and O–H groups in total. The summed E-state index contributed by atoms with van der Waals surface area (Å²) < 4.78 is 0. The van der Waals surface area contributed by atoms with Crippen LogP contribution in [0.25, 0.3) is 0 Å². The van der Waals surface area contributed by atoms with Gasteiger partial charge in [-0.1, -0.05) is 0 Å². The molecule has 0 aliphatic rings. The molecule has 0 saturated heterocycles. The average Bonchev–Trinajstić information content (AvgIpc) is 2.86. The number of rotatable bonds is 14. The molecule has 0 unspecified atom stereocenters. The van der Waals surface area contributed by atoms with Crippen LogP contribution in [0.4, 0.5) is 0 Å². The van der Waals surface area contributed by atoms with Crippen molar-refractivity contribution >= 4 is 36.7 Å². The summed E-state index contributed by atoms with van der Waals surface area (Å²) in [5.41, 5.74) is 4.17. The van der Waals surface area contributed by atoms with Crippen LogP contribution in [0.1, 0.15) is 87.8 Å². The van der Waals surface area contributed by atoms with Gasteiger partial charge < -0.3 is 0 Å². The van der Waals surface area contributed by atoms with Gasteiger partial charge in [0, 0.05) is 0 Å². The minimum atomic E-state index is -2.86. The van der Waals surface area contributed by atoms with Gasteiger partial charge in [-0.15, -0.1) is 0 Å². The zero-order valence-electron chi connectivity index (χ0n) is 22.5. The molecule has 3 aromatic carbocycles. The fraction of sp³-hybridized carbons (Fsp3) is 0.455. The Morgan fingerprint density at radius 3 is 1.14 bits per heavy atom. The number of aryl methyl sites for hydroxylation is 3. The first-order valence-electron chi connectivity index (χ1n) is 13.8. The molecule has 0 saturated carbocycles.